The Morgan fingerprint density at radius 3 is 1.81 bits per heavy atom. The zero-order valence-corrected chi connectivity index (χ0v) is 17.1. The summed E-state index contributed by atoms with van der Waals surface area (Å²) < 4.78 is 63.1. The van der Waals surface area contributed by atoms with Gasteiger partial charge >= 0.3 is 10.1 Å². The molecular weight excluding hydrogens is 446 g/mol. The summed E-state index contributed by atoms with van der Waals surface area (Å²) in [6.45, 7) is 0. The van der Waals surface area contributed by atoms with Crippen LogP contribution >= 0.6 is 0 Å². The Morgan fingerprint density at radius 1 is 0.710 bits per heavy atom. The summed E-state index contributed by atoms with van der Waals surface area (Å²) in [5.74, 6) is -2.06. The summed E-state index contributed by atoms with van der Waals surface area (Å²) in [5.41, 5.74) is -0.330. The molecule has 0 saturated carbocycles. The molecule has 2 amide bonds. The molecule has 0 bridgehead atoms. The van der Waals surface area contributed by atoms with Gasteiger partial charge in [-0.2, -0.15) is 16.8 Å². The van der Waals surface area contributed by atoms with Gasteiger partial charge in [-0.15, -0.1) is 0 Å². The summed E-state index contributed by atoms with van der Waals surface area (Å²) >= 11 is 0. The summed E-state index contributed by atoms with van der Waals surface area (Å²) in [6, 6.07) is 15.6. The van der Waals surface area contributed by atoms with Crippen molar-refractivity contribution < 1.29 is 35.2 Å². The smallest absolute Gasteiger partial charge is 0.339 e. The van der Waals surface area contributed by atoms with Crippen LogP contribution < -0.4 is 9.08 Å². The van der Waals surface area contributed by atoms with Gasteiger partial charge in [-0.25, -0.2) is 4.90 Å². The van der Waals surface area contributed by atoms with Crippen LogP contribution in [0.3, 0.4) is 0 Å². The molecule has 4 rings (SSSR count). The Kier molecular flexibility index (Phi) is 4.88. The van der Waals surface area contributed by atoms with E-state index in [0.717, 1.165) is 18.2 Å². The predicted octanol–water partition coefficient (Wildman–Crippen LogP) is 2.50. The first-order valence-electron chi connectivity index (χ1n) is 8.68. The number of hydrogen-bond acceptors (Lipinski definition) is 7. The van der Waals surface area contributed by atoms with Gasteiger partial charge < -0.3 is 4.18 Å². The molecule has 0 saturated heterocycles. The normalized spacial score (nSPS) is 13.9. The maximum Gasteiger partial charge on any atom is 0.339 e. The van der Waals surface area contributed by atoms with Gasteiger partial charge in [-0.1, -0.05) is 30.3 Å². The highest BCUT2D eigenvalue weighted by Crippen LogP contribution is 2.38. The van der Waals surface area contributed by atoms with Crippen molar-refractivity contribution in [3.8, 4) is 5.75 Å². The van der Waals surface area contributed by atoms with Crippen LogP contribution in [0.25, 0.3) is 0 Å². The predicted molar refractivity (Wildman–Crippen MR) is 108 cm³/mol. The fraction of sp³-hybridized carbons (Fsp3) is 0. The number of carbonyl (C=O) groups excluding carboxylic acids is 2. The lowest BCUT2D eigenvalue weighted by Crippen LogP contribution is -2.30. The first kappa shape index (κ1) is 20.7. The summed E-state index contributed by atoms with van der Waals surface area (Å²) in [4.78, 5) is 25.5. The fourth-order valence-electron chi connectivity index (χ4n) is 3.06. The van der Waals surface area contributed by atoms with Crippen LogP contribution in [0.4, 0.5) is 5.69 Å². The van der Waals surface area contributed by atoms with Gasteiger partial charge in [0, 0.05) is 0 Å². The highest BCUT2D eigenvalue weighted by Gasteiger charge is 2.39. The molecule has 0 fully saturated rings. The van der Waals surface area contributed by atoms with E-state index < -0.39 is 48.4 Å². The maximum atomic E-state index is 12.8. The third kappa shape index (κ3) is 3.69. The largest absolute Gasteiger partial charge is 0.377 e. The molecule has 3 aromatic carbocycles. The molecule has 0 radical (unpaired) electrons. The second kappa shape index (κ2) is 7.30. The molecule has 31 heavy (non-hydrogen) atoms. The van der Waals surface area contributed by atoms with E-state index in [9.17, 15) is 31.0 Å². The monoisotopic (exact) mass is 459 g/mol. The zero-order chi connectivity index (χ0) is 22.4. The lowest BCUT2D eigenvalue weighted by atomic mass is 10.1. The van der Waals surface area contributed by atoms with Crippen LogP contribution in [-0.2, 0) is 20.2 Å². The maximum absolute atomic E-state index is 12.8. The third-order valence-electron chi connectivity index (χ3n) is 4.49. The number of fused-ring (bicyclic) bond motifs is 1. The molecule has 158 valence electrons. The Hall–Kier alpha value is -3.54. The molecule has 0 aromatic heterocycles. The molecule has 9 nitrogen and oxygen atoms in total. The van der Waals surface area contributed by atoms with Gasteiger partial charge in [0.1, 0.15) is 4.90 Å². The molecule has 1 aliphatic rings. The Bertz CT molecular complexity index is 1400. The van der Waals surface area contributed by atoms with E-state index in [0.29, 0.717) is 4.90 Å². The van der Waals surface area contributed by atoms with Crippen LogP contribution in [0.2, 0.25) is 0 Å². The quantitative estimate of drug-likeness (QED) is 0.349. The summed E-state index contributed by atoms with van der Waals surface area (Å²) in [5, 5.41) is 0. The average Bonchev–Trinajstić information content (AvgIpc) is 2.99. The Labute approximate surface area is 177 Å². The standard InChI is InChI=1S/C20H13NO8S2/c22-19-15-8-4-5-9-16(15)20(23)21(19)17-12-14(30(24,25)26)10-11-18(17)29-31(27,28)13-6-2-1-3-7-13/h1-12H,(H,24,25,26). The van der Waals surface area contributed by atoms with E-state index in [1.165, 1.54) is 36.4 Å². The van der Waals surface area contributed by atoms with Crippen LogP contribution in [0.15, 0.2) is 82.6 Å². The van der Waals surface area contributed by atoms with E-state index in [-0.39, 0.29) is 16.0 Å². The van der Waals surface area contributed by atoms with Gasteiger partial charge in [-0.05, 0) is 42.5 Å². The van der Waals surface area contributed by atoms with Crippen molar-refractivity contribution in [1.82, 2.24) is 0 Å². The van der Waals surface area contributed by atoms with Crippen LogP contribution in [0.5, 0.6) is 5.75 Å². The fourth-order valence-corrected chi connectivity index (χ4v) is 4.53. The Balaban J connectivity index is 1.87. The number of amides is 2. The van der Waals surface area contributed by atoms with Gasteiger partial charge in [0.25, 0.3) is 21.9 Å². The highest BCUT2D eigenvalue weighted by atomic mass is 32.2. The van der Waals surface area contributed by atoms with Crippen LogP contribution in [0.1, 0.15) is 20.7 Å². The van der Waals surface area contributed by atoms with E-state index >= 15 is 0 Å². The van der Waals surface area contributed by atoms with Gasteiger partial charge in [0.05, 0.1) is 21.7 Å². The number of imide groups is 1. The van der Waals surface area contributed by atoms with E-state index in [1.807, 2.05) is 0 Å². The number of hydrogen-bond donors (Lipinski definition) is 1. The second-order valence-electron chi connectivity index (χ2n) is 6.45. The molecule has 0 spiro atoms. The van der Waals surface area contributed by atoms with Crippen molar-refractivity contribution >= 4 is 37.7 Å². The molecule has 0 aliphatic carbocycles. The second-order valence-corrected chi connectivity index (χ2v) is 9.41. The third-order valence-corrected chi connectivity index (χ3v) is 6.59. The molecule has 1 N–H and O–H groups in total. The van der Waals surface area contributed by atoms with Crippen molar-refractivity contribution in [2.24, 2.45) is 0 Å². The van der Waals surface area contributed by atoms with Crippen molar-refractivity contribution in [1.29, 1.82) is 0 Å². The number of rotatable bonds is 5. The van der Waals surface area contributed by atoms with Crippen molar-refractivity contribution in [3.05, 3.63) is 83.9 Å². The highest BCUT2D eigenvalue weighted by molar-refractivity contribution is 7.87. The van der Waals surface area contributed by atoms with E-state index in [4.69, 9.17) is 4.18 Å². The van der Waals surface area contributed by atoms with Gasteiger partial charge in [0.2, 0.25) is 0 Å². The molecular formula is C20H13NO8S2. The van der Waals surface area contributed by atoms with Crippen LogP contribution in [0, 0.1) is 0 Å². The number of benzene rings is 3. The lowest BCUT2D eigenvalue weighted by Gasteiger charge is -2.19. The molecule has 0 unspecified atom stereocenters. The molecule has 3 aromatic rings. The number of carbonyl (C=O) groups is 2. The van der Waals surface area contributed by atoms with Gasteiger partial charge in [-0.3, -0.25) is 14.1 Å². The number of anilines is 1. The molecule has 0 atom stereocenters. The zero-order valence-electron chi connectivity index (χ0n) is 15.5. The SMILES string of the molecule is O=C1c2ccccc2C(=O)N1c1cc(S(=O)(=O)O)ccc1OS(=O)(=O)c1ccccc1. The number of nitrogens with zero attached hydrogens (tertiary/aromatic N) is 1. The topological polar surface area (TPSA) is 135 Å². The van der Waals surface area contributed by atoms with E-state index in [2.05, 4.69) is 0 Å². The van der Waals surface area contributed by atoms with Crippen LogP contribution in [-0.4, -0.2) is 33.2 Å². The van der Waals surface area contributed by atoms with Crippen molar-refractivity contribution in [2.75, 3.05) is 4.90 Å². The van der Waals surface area contributed by atoms with E-state index in [1.54, 1.807) is 18.2 Å². The average molecular weight is 459 g/mol. The summed E-state index contributed by atoms with van der Waals surface area (Å²) in [6.07, 6.45) is 0. The minimum atomic E-state index is -4.72. The lowest BCUT2D eigenvalue weighted by molar-refractivity contribution is 0.0925. The first-order chi connectivity index (χ1) is 14.6. The minimum Gasteiger partial charge on any atom is -0.377 e. The molecule has 11 heteroatoms. The molecule has 1 heterocycles. The Morgan fingerprint density at radius 2 is 1.26 bits per heavy atom. The first-order valence-corrected chi connectivity index (χ1v) is 11.5. The van der Waals surface area contributed by atoms with Crippen molar-refractivity contribution in [3.63, 3.8) is 0 Å². The molecule has 1 aliphatic heterocycles. The minimum absolute atomic E-state index is 0.0571. The van der Waals surface area contributed by atoms with Gasteiger partial charge in [0.15, 0.2) is 5.75 Å². The van der Waals surface area contributed by atoms with Crippen molar-refractivity contribution in [2.45, 2.75) is 9.79 Å². The summed E-state index contributed by atoms with van der Waals surface area (Å²) in [7, 11) is -9.10.